The maximum absolute atomic E-state index is 9.10. The molecular formula is C19H13ClN2OS2. The van der Waals surface area contributed by atoms with Crippen molar-refractivity contribution < 1.29 is 4.55 Å². The molecule has 0 fully saturated rings. The van der Waals surface area contributed by atoms with E-state index in [9.17, 15) is 0 Å². The Morgan fingerprint density at radius 2 is 1.60 bits per heavy atom. The van der Waals surface area contributed by atoms with E-state index in [-0.39, 0.29) is 0 Å². The first-order valence-corrected chi connectivity index (χ1v) is 9.49. The average molecular weight is 385 g/mol. The predicted octanol–water partition coefficient (Wildman–Crippen LogP) is 6.43. The van der Waals surface area contributed by atoms with Gasteiger partial charge in [0, 0.05) is 32.9 Å². The Morgan fingerprint density at radius 3 is 2.28 bits per heavy atom. The number of aromatic nitrogens is 1. The van der Waals surface area contributed by atoms with E-state index in [0.717, 1.165) is 54.5 Å². The summed E-state index contributed by atoms with van der Waals surface area (Å²) in [7, 11) is 0. The van der Waals surface area contributed by atoms with Gasteiger partial charge in [-0.2, -0.15) is 0 Å². The first kappa shape index (κ1) is 16.4. The highest BCUT2D eigenvalue weighted by molar-refractivity contribution is 7.93. The van der Waals surface area contributed by atoms with Crippen molar-refractivity contribution in [1.82, 2.24) is 4.98 Å². The van der Waals surface area contributed by atoms with Crippen LogP contribution in [0, 0.1) is 0 Å². The molecule has 0 aliphatic carbocycles. The average Bonchev–Trinajstić information content (AvgIpc) is 2.98. The van der Waals surface area contributed by atoms with Crippen LogP contribution in [0.25, 0.3) is 31.9 Å². The number of nitrogens with two attached hydrogens (primary N) is 1. The third-order valence-electron chi connectivity index (χ3n) is 3.96. The summed E-state index contributed by atoms with van der Waals surface area (Å²) in [6.45, 7) is 0. The topological polar surface area (TPSA) is 59.1 Å². The molecule has 0 aliphatic heterocycles. The van der Waals surface area contributed by atoms with Crippen LogP contribution in [0.3, 0.4) is 0 Å². The summed E-state index contributed by atoms with van der Waals surface area (Å²) in [6.07, 6.45) is 0. The fraction of sp³-hybridized carbons (Fsp3) is 0. The normalized spacial score (nSPS) is 11.1. The number of hydrogen-bond donors (Lipinski definition) is 2. The van der Waals surface area contributed by atoms with Crippen LogP contribution in [0.5, 0.6) is 0 Å². The minimum atomic E-state index is 0.706. The van der Waals surface area contributed by atoms with Gasteiger partial charge >= 0.3 is 0 Å². The van der Waals surface area contributed by atoms with E-state index >= 15 is 0 Å². The molecule has 2 heterocycles. The van der Waals surface area contributed by atoms with Crippen LogP contribution in [-0.4, -0.2) is 9.54 Å². The first-order chi connectivity index (χ1) is 12.2. The molecule has 4 rings (SSSR count). The van der Waals surface area contributed by atoms with Crippen LogP contribution in [-0.2, 0) is 0 Å². The number of pyridine rings is 1. The highest BCUT2D eigenvalue weighted by Crippen LogP contribution is 2.41. The second-order valence-corrected chi connectivity index (χ2v) is 7.61. The molecule has 0 unspecified atom stereocenters. The monoisotopic (exact) mass is 384 g/mol. The Balaban J connectivity index is 1.79. The molecule has 2 aromatic heterocycles. The zero-order valence-electron chi connectivity index (χ0n) is 12.9. The molecule has 0 aliphatic rings. The molecule has 0 saturated heterocycles. The highest BCUT2D eigenvalue weighted by Gasteiger charge is 2.13. The SMILES string of the molecule is Nc1c(-c2ccc(SO)cc2)sc2nc(-c3ccc(Cl)cc3)ccc12. The molecule has 0 saturated carbocycles. The zero-order valence-corrected chi connectivity index (χ0v) is 15.3. The summed E-state index contributed by atoms with van der Waals surface area (Å²) in [5, 5.41) is 1.66. The summed E-state index contributed by atoms with van der Waals surface area (Å²) in [6, 6.07) is 19.3. The number of nitrogens with zero attached hydrogens (tertiary/aromatic N) is 1. The lowest BCUT2D eigenvalue weighted by Crippen LogP contribution is -1.87. The van der Waals surface area contributed by atoms with Crippen molar-refractivity contribution in [1.29, 1.82) is 0 Å². The van der Waals surface area contributed by atoms with E-state index in [0.29, 0.717) is 5.02 Å². The third-order valence-corrected chi connectivity index (χ3v) is 5.85. The lowest BCUT2D eigenvalue weighted by atomic mass is 10.1. The lowest BCUT2D eigenvalue weighted by molar-refractivity contribution is 0.664. The van der Waals surface area contributed by atoms with Crippen molar-refractivity contribution >= 4 is 50.9 Å². The van der Waals surface area contributed by atoms with Gasteiger partial charge in [0.1, 0.15) is 4.83 Å². The lowest BCUT2D eigenvalue weighted by Gasteiger charge is -2.01. The molecular weight excluding hydrogens is 372 g/mol. The number of anilines is 1. The van der Waals surface area contributed by atoms with E-state index in [1.54, 1.807) is 11.3 Å². The van der Waals surface area contributed by atoms with Crippen LogP contribution in [0.4, 0.5) is 5.69 Å². The van der Waals surface area contributed by atoms with Gasteiger partial charge in [-0.1, -0.05) is 35.9 Å². The van der Waals surface area contributed by atoms with E-state index in [1.807, 2.05) is 60.7 Å². The minimum absolute atomic E-state index is 0.706. The second-order valence-electron chi connectivity index (χ2n) is 5.52. The summed E-state index contributed by atoms with van der Waals surface area (Å²) < 4.78 is 9.10. The third kappa shape index (κ3) is 3.12. The largest absolute Gasteiger partial charge is 0.397 e. The van der Waals surface area contributed by atoms with Crippen molar-refractivity contribution in [2.45, 2.75) is 4.90 Å². The number of halogens is 1. The highest BCUT2D eigenvalue weighted by atomic mass is 35.5. The fourth-order valence-electron chi connectivity index (χ4n) is 2.66. The number of fused-ring (bicyclic) bond motifs is 1. The van der Waals surface area contributed by atoms with E-state index < -0.39 is 0 Å². The molecule has 2 aromatic carbocycles. The predicted molar refractivity (Wildman–Crippen MR) is 108 cm³/mol. The molecule has 3 N–H and O–H groups in total. The van der Waals surface area contributed by atoms with Crippen LogP contribution in [0.1, 0.15) is 0 Å². The molecule has 4 aromatic rings. The summed E-state index contributed by atoms with van der Waals surface area (Å²) in [5.41, 5.74) is 10.0. The van der Waals surface area contributed by atoms with Crippen molar-refractivity contribution in [3.05, 3.63) is 65.7 Å². The van der Waals surface area contributed by atoms with Crippen LogP contribution in [0.2, 0.25) is 5.02 Å². The van der Waals surface area contributed by atoms with Crippen molar-refractivity contribution in [2.75, 3.05) is 5.73 Å². The number of rotatable bonds is 3. The molecule has 25 heavy (non-hydrogen) atoms. The molecule has 0 spiro atoms. The van der Waals surface area contributed by atoms with Gasteiger partial charge in [-0.05, 0) is 42.0 Å². The van der Waals surface area contributed by atoms with Gasteiger partial charge in [0.05, 0.1) is 16.3 Å². The summed E-state index contributed by atoms with van der Waals surface area (Å²) in [5.74, 6) is 0. The second kappa shape index (κ2) is 6.69. The minimum Gasteiger partial charge on any atom is -0.397 e. The molecule has 0 radical (unpaired) electrons. The van der Waals surface area contributed by atoms with Crippen LogP contribution >= 0.6 is 35.0 Å². The van der Waals surface area contributed by atoms with Gasteiger partial charge in [0.15, 0.2) is 0 Å². The van der Waals surface area contributed by atoms with E-state index in [1.165, 1.54) is 0 Å². The standard InChI is InChI=1S/C19H13ClN2OS2/c20-13-5-1-11(2-6-13)16-10-9-15-17(21)18(24-19(15)22-16)12-3-7-14(25-23)8-4-12/h1-10,23H,21H2. The Labute approximate surface area is 158 Å². The van der Waals surface area contributed by atoms with E-state index in [2.05, 4.69) is 0 Å². The van der Waals surface area contributed by atoms with Gasteiger partial charge < -0.3 is 10.3 Å². The fourth-order valence-corrected chi connectivity index (χ4v) is 4.14. The Kier molecular flexibility index (Phi) is 4.39. The number of nitrogen functional groups attached to an aromatic ring is 1. The summed E-state index contributed by atoms with van der Waals surface area (Å²) in [4.78, 5) is 7.46. The first-order valence-electron chi connectivity index (χ1n) is 7.52. The summed E-state index contributed by atoms with van der Waals surface area (Å²) >= 11 is 8.26. The molecule has 0 bridgehead atoms. The Bertz CT molecular complexity index is 1040. The maximum Gasteiger partial charge on any atom is 0.126 e. The maximum atomic E-state index is 9.10. The van der Waals surface area contributed by atoms with E-state index in [4.69, 9.17) is 26.9 Å². The van der Waals surface area contributed by atoms with Crippen LogP contribution < -0.4 is 5.73 Å². The van der Waals surface area contributed by atoms with Crippen molar-refractivity contribution in [3.63, 3.8) is 0 Å². The number of benzene rings is 2. The quantitative estimate of drug-likeness (QED) is 0.399. The van der Waals surface area contributed by atoms with Crippen molar-refractivity contribution in [3.8, 4) is 21.7 Å². The Hall–Kier alpha value is -2.05. The van der Waals surface area contributed by atoms with Gasteiger partial charge in [-0.25, -0.2) is 4.98 Å². The smallest absolute Gasteiger partial charge is 0.126 e. The molecule has 0 amide bonds. The molecule has 6 heteroatoms. The van der Waals surface area contributed by atoms with Crippen molar-refractivity contribution in [2.24, 2.45) is 0 Å². The molecule has 3 nitrogen and oxygen atoms in total. The van der Waals surface area contributed by atoms with Gasteiger partial charge in [0.2, 0.25) is 0 Å². The van der Waals surface area contributed by atoms with Gasteiger partial charge in [-0.3, -0.25) is 0 Å². The van der Waals surface area contributed by atoms with Gasteiger partial charge in [0.25, 0.3) is 0 Å². The Morgan fingerprint density at radius 1 is 0.920 bits per heavy atom. The number of hydrogen-bond acceptors (Lipinski definition) is 5. The van der Waals surface area contributed by atoms with Crippen LogP contribution in [0.15, 0.2) is 65.6 Å². The molecule has 0 atom stereocenters. The van der Waals surface area contributed by atoms with Gasteiger partial charge in [-0.15, -0.1) is 11.3 Å². The number of thiophene rings is 1. The zero-order chi connectivity index (χ0) is 17.4. The molecule has 124 valence electrons.